The molecule has 3 rings (SSSR count). The summed E-state index contributed by atoms with van der Waals surface area (Å²) >= 11 is 2.86. The molecule has 1 aliphatic heterocycles. The molecular weight excluding hydrogens is 382 g/mol. The zero-order valence-electron chi connectivity index (χ0n) is 15.7. The van der Waals surface area contributed by atoms with Crippen molar-refractivity contribution in [3.8, 4) is 5.69 Å². The lowest BCUT2D eigenvalue weighted by Crippen LogP contribution is -2.29. The standard InChI is InChI=1S/C19H23N3O3S2/c1-12-4-6-14(7-5-12)22-18(24)17-15(10-13(2)27-17)21-19(22)26-11-16(23)20-8-9-25-3/h4-7,13H,8-11H2,1-3H3,(H,20,23). The van der Waals surface area contributed by atoms with E-state index in [4.69, 9.17) is 9.72 Å². The third-order valence-corrected chi connectivity index (χ3v) is 6.29. The molecule has 1 aromatic carbocycles. The third kappa shape index (κ3) is 4.75. The number of ether oxygens (including phenoxy) is 1. The van der Waals surface area contributed by atoms with Gasteiger partial charge in [0.2, 0.25) is 5.91 Å². The van der Waals surface area contributed by atoms with Crippen LogP contribution in [0.1, 0.15) is 18.2 Å². The van der Waals surface area contributed by atoms with Gasteiger partial charge in [-0.05, 0) is 19.1 Å². The molecule has 0 saturated carbocycles. The lowest BCUT2D eigenvalue weighted by molar-refractivity contribution is -0.118. The van der Waals surface area contributed by atoms with Crippen LogP contribution in [0.2, 0.25) is 0 Å². The Morgan fingerprint density at radius 2 is 2.15 bits per heavy atom. The van der Waals surface area contributed by atoms with Crippen molar-refractivity contribution in [3.05, 3.63) is 45.9 Å². The van der Waals surface area contributed by atoms with Crippen LogP contribution in [-0.4, -0.2) is 46.7 Å². The van der Waals surface area contributed by atoms with Gasteiger partial charge >= 0.3 is 0 Å². The zero-order valence-corrected chi connectivity index (χ0v) is 17.3. The first-order valence-corrected chi connectivity index (χ1v) is 10.6. The van der Waals surface area contributed by atoms with Gasteiger partial charge in [0.25, 0.3) is 5.56 Å². The summed E-state index contributed by atoms with van der Waals surface area (Å²) in [6, 6.07) is 7.76. The van der Waals surface area contributed by atoms with Gasteiger partial charge in [-0.1, -0.05) is 36.4 Å². The Balaban J connectivity index is 1.91. The molecule has 8 heteroatoms. The van der Waals surface area contributed by atoms with Crippen LogP contribution in [0, 0.1) is 6.92 Å². The lowest BCUT2D eigenvalue weighted by Gasteiger charge is -2.14. The average Bonchev–Trinajstić information content (AvgIpc) is 3.02. The Kier molecular flexibility index (Phi) is 6.62. The molecule has 0 fully saturated rings. The summed E-state index contributed by atoms with van der Waals surface area (Å²) in [6.45, 7) is 5.03. The van der Waals surface area contributed by atoms with Crippen molar-refractivity contribution in [2.24, 2.45) is 0 Å². The fourth-order valence-corrected chi connectivity index (χ4v) is 4.75. The fraction of sp³-hybridized carbons (Fsp3) is 0.421. The molecule has 1 aliphatic rings. The topological polar surface area (TPSA) is 73.2 Å². The molecule has 27 heavy (non-hydrogen) atoms. The van der Waals surface area contributed by atoms with Crippen molar-refractivity contribution >= 4 is 29.4 Å². The minimum Gasteiger partial charge on any atom is -0.383 e. The highest BCUT2D eigenvalue weighted by Crippen LogP contribution is 2.34. The molecule has 1 aromatic heterocycles. The maximum Gasteiger partial charge on any atom is 0.272 e. The number of hydrogen-bond donors (Lipinski definition) is 1. The van der Waals surface area contributed by atoms with Crippen LogP contribution in [0.5, 0.6) is 0 Å². The second kappa shape index (κ2) is 8.95. The summed E-state index contributed by atoms with van der Waals surface area (Å²) in [6.07, 6.45) is 0.775. The van der Waals surface area contributed by atoms with Crippen LogP contribution in [0.4, 0.5) is 0 Å². The number of rotatable bonds is 7. The SMILES string of the molecule is COCCNC(=O)CSc1nc2c(c(=O)n1-c1ccc(C)cc1)SC(C)C2. The average molecular weight is 406 g/mol. The van der Waals surface area contributed by atoms with Gasteiger partial charge < -0.3 is 10.1 Å². The van der Waals surface area contributed by atoms with Crippen LogP contribution in [0.25, 0.3) is 5.69 Å². The first-order valence-electron chi connectivity index (χ1n) is 8.77. The van der Waals surface area contributed by atoms with E-state index >= 15 is 0 Å². The molecule has 2 heterocycles. The molecule has 2 aromatic rings. The summed E-state index contributed by atoms with van der Waals surface area (Å²) in [7, 11) is 1.59. The summed E-state index contributed by atoms with van der Waals surface area (Å²) < 4.78 is 6.56. The molecule has 144 valence electrons. The number of carbonyl (C=O) groups is 1. The van der Waals surface area contributed by atoms with Gasteiger partial charge in [-0.2, -0.15) is 0 Å². The first kappa shape index (κ1) is 20.0. The monoisotopic (exact) mass is 405 g/mol. The molecule has 6 nitrogen and oxygen atoms in total. The van der Waals surface area contributed by atoms with Crippen LogP contribution in [0.15, 0.2) is 39.1 Å². The third-order valence-electron chi connectivity index (χ3n) is 4.13. The number of hydrogen-bond acceptors (Lipinski definition) is 6. The zero-order chi connectivity index (χ0) is 19.4. The Labute approximate surface area is 167 Å². The second-order valence-electron chi connectivity index (χ2n) is 6.41. The normalized spacial score (nSPS) is 15.6. The number of fused-ring (bicyclic) bond motifs is 1. The Hall–Kier alpha value is -1.77. The number of nitrogens with zero attached hydrogens (tertiary/aromatic N) is 2. The van der Waals surface area contributed by atoms with Crippen LogP contribution < -0.4 is 10.9 Å². The number of benzene rings is 1. The van der Waals surface area contributed by atoms with E-state index in [2.05, 4.69) is 12.2 Å². The second-order valence-corrected chi connectivity index (χ2v) is 8.80. The molecule has 0 bridgehead atoms. The van der Waals surface area contributed by atoms with E-state index < -0.39 is 0 Å². The quantitative estimate of drug-likeness (QED) is 0.433. The van der Waals surface area contributed by atoms with Crippen molar-refractivity contribution in [2.45, 2.75) is 35.6 Å². The van der Waals surface area contributed by atoms with E-state index in [1.54, 1.807) is 23.4 Å². The smallest absolute Gasteiger partial charge is 0.272 e. The number of nitrogens with one attached hydrogen (secondary N) is 1. The molecular formula is C19H23N3O3S2. The minimum atomic E-state index is -0.106. The largest absolute Gasteiger partial charge is 0.383 e. The van der Waals surface area contributed by atoms with E-state index in [0.717, 1.165) is 28.3 Å². The number of aromatic nitrogens is 2. The number of aryl methyl sites for hydroxylation is 1. The Bertz CT molecular complexity index is 881. The number of methoxy groups -OCH3 is 1. The maximum atomic E-state index is 13.1. The van der Waals surface area contributed by atoms with Gasteiger partial charge in [0, 0.05) is 25.3 Å². The van der Waals surface area contributed by atoms with E-state index in [9.17, 15) is 9.59 Å². The van der Waals surface area contributed by atoms with E-state index in [-0.39, 0.29) is 17.2 Å². The Morgan fingerprint density at radius 1 is 1.41 bits per heavy atom. The van der Waals surface area contributed by atoms with Crippen LogP contribution >= 0.6 is 23.5 Å². The summed E-state index contributed by atoms with van der Waals surface area (Å²) in [5.74, 6) is 0.0914. The molecule has 1 N–H and O–H groups in total. The summed E-state index contributed by atoms with van der Waals surface area (Å²) in [5.41, 5.74) is 2.67. The van der Waals surface area contributed by atoms with Gasteiger partial charge in [-0.15, -0.1) is 11.8 Å². The predicted molar refractivity (Wildman–Crippen MR) is 109 cm³/mol. The van der Waals surface area contributed by atoms with Crippen molar-refractivity contribution in [1.82, 2.24) is 14.9 Å². The maximum absolute atomic E-state index is 13.1. The highest BCUT2D eigenvalue weighted by atomic mass is 32.2. The number of carbonyl (C=O) groups excluding carboxylic acids is 1. The van der Waals surface area contributed by atoms with Crippen LogP contribution in [0.3, 0.4) is 0 Å². The van der Waals surface area contributed by atoms with Crippen LogP contribution in [-0.2, 0) is 16.0 Å². The van der Waals surface area contributed by atoms with Gasteiger partial charge in [0.15, 0.2) is 5.16 Å². The molecule has 1 unspecified atom stereocenters. The minimum absolute atomic E-state index is 0.0551. The number of thioether (sulfide) groups is 2. The van der Waals surface area contributed by atoms with Gasteiger partial charge in [-0.3, -0.25) is 14.2 Å². The van der Waals surface area contributed by atoms with E-state index in [0.29, 0.717) is 23.6 Å². The van der Waals surface area contributed by atoms with Crippen molar-refractivity contribution in [2.75, 3.05) is 26.0 Å². The molecule has 1 amide bonds. The summed E-state index contributed by atoms with van der Waals surface area (Å²) in [5, 5.41) is 3.68. The first-order chi connectivity index (χ1) is 13.0. The molecule has 0 radical (unpaired) electrons. The van der Waals surface area contributed by atoms with Crippen molar-refractivity contribution in [3.63, 3.8) is 0 Å². The fourth-order valence-electron chi connectivity index (χ4n) is 2.79. The molecule has 0 saturated heterocycles. The molecule has 0 aliphatic carbocycles. The van der Waals surface area contributed by atoms with E-state index in [1.165, 1.54) is 11.8 Å². The summed E-state index contributed by atoms with van der Waals surface area (Å²) in [4.78, 5) is 30.6. The predicted octanol–water partition coefficient (Wildman–Crippen LogP) is 2.43. The molecule has 0 spiro atoms. The van der Waals surface area contributed by atoms with Crippen molar-refractivity contribution in [1.29, 1.82) is 0 Å². The van der Waals surface area contributed by atoms with Gasteiger partial charge in [0.1, 0.15) is 0 Å². The Morgan fingerprint density at radius 3 is 2.85 bits per heavy atom. The highest BCUT2D eigenvalue weighted by Gasteiger charge is 2.27. The number of amides is 1. The van der Waals surface area contributed by atoms with E-state index in [1.807, 2.05) is 31.2 Å². The van der Waals surface area contributed by atoms with Gasteiger partial charge in [-0.25, -0.2) is 4.98 Å². The highest BCUT2D eigenvalue weighted by molar-refractivity contribution is 8.00. The molecule has 1 atom stereocenters. The lowest BCUT2D eigenvalue weighted by atomic mass is 10.2. The van der Waals surface area contributed by atoms with Gasteiger partial charge in [0.05, 0.1) is 28.6 Å². The van der Waals surface area contributed by atoms with Crippen molar-refractivity contribution < 1.29 is 9.53 Å².